The largest absolute Gasteiger partial charge is 0.481 e. The Kier molecular flexibility index (Phi) is 14.0. The number of hydrogen-bond donors (Lipinski definition) is 1. The molecule has 0 saturated carbocycles. The summed E-state index contributed by atoms with van der Waals surface area (Å²) in [6.07, 6.45) is 14.5. The lowest BCUT2D eigenvalue weighted by molar-refractivity contribution is -0.873. The first-order valence-electron chi connectivity index (χ1n) is 10.1. The summed E-state index contributed by atoms with van der Waals surface area (Å²) in [6, 6.07) is 0. The number of carboxylic acids is 1. The molecule has 152 valence electrons. The maximum Gasteiger partial charge on any atom is 0.307 e. The van der Waals surface area contributed by atoms with Crippen LogP contribution in [0.5, 0.6) is 0 Å². The molecular formula is C21H40NO4+. The third kappa shape index (κ3) is 17.5. The van der Waals surface area contributed by atoms with Gasteiger partial charge in [-0.15, -0.1) is 0 Å². The van der Waals surface area contributed by atoms with Crippen LogP contribution in [0, 0.1) is 0 Å². The van der Waals surface area contributed by atoms with Gasteiger partial charge in [-0.1, -0.05) is 44.8 Å². The third-order valence-electron chi connectivity index (χ3n) is 4.09. The summed E-state index contributed by atoms with van der Waals surface area (Å²) in [4.78, 5) is 22.9. The number of unbranched alkanes of at least 4 members (excludes halogenated alkanes) is 7. The molecule has 0 radical (unpaired) electrons. The smallest absolute Gasteiger partial charge is 0.307 e. The van der Waals surface area contributed by atoms with Crippen LogP contribution in [0.2, 0.25) is 0 Å². The van der Waals surface area contributed by atoms with E-state index in [1.807, 2.05) is 21.1 Å². The number of carbonyl (C=O) groups is 2. The zero-order valence-electron chi connectivity index (χ0n) is 17.3. The predicted octanol–water partition coefficient (Wildman–Crippen LogP) is 4.56. The standard InChI is InChI=1S/C21H39NO4/c1-5-6-7-8-9-10-11-12-13-14-15-16-21(25)26-19(17-20(23)24)18-22(2,3)4/h10-11,19H,5-9,12-18H2,1-4H3/p+1/b11-10+. The van der Waals surface area contributed by atoms with Gasteiger partial charge in [-0.05, 0) is 32.1 Å². The van der Waals surface area contributed by atoms with Gasteiger partial charge >= 0.3 is 11.9 Å². The minimum atomic E-state index is -0.933. The van der Waals surface area contributed by atoms with Gasteiger partial charge in [-0.3, -0.25) is 9.59 Å². The van der Waals surface area contributed by atoms with Crippen molar-refractivity contribution in [2.45, 2.75) is 83.7 Å². The van der Waals surface area contributed by atoms with Crippen LogP contribution >= 0.6 is 0 Å². The van der Waals surface area contributed by atoms with Gasteiger partial charge in [0.2, 0.25) is 0 Å². The molecule has 0 aliphatic rings. The van der Waals surface area contributed by atoms with Crippen molar-refractivity contribution in [3.05, 3.63) is 12.2 Å². The van der Waals surface area contributed by atoms with Crippen LogP contribution in [-0.2, 0) is 14.3 Å². The van der Waals surface area contributed by atoms with E-state index in [1.165, 1.54) is 32.1 Å². The summed E-state index contributed by atoms with van der Waals surface area (Å²) < 4.78 is 5.95. The van der Waals surface area contributed by atoms with Crippen molar-refractivity contribution in [1.29, 1.82) is 0 Å². The topological polar surface area (TPSA) is 63.6 Å². The van der Waals surface area contributed by atoms with Gasteiger partial charge in [-0.2, -0.15) is 0 Å². The average Bonchev–Trinajstić information content (AvgIpc) is 2.50. The fourth-order valence-corrected chi connectivity index (χ4v) is 2.83. The van der Waals surface area contributed by atoms with Crippen molar-refractivity contribution in [1.82, 2.24) is 0 Å². The first kappa shape index (κ1) is 24.6. The average molecular weight is 371 g/mol. The van der Waals surface area contributed by atoms with E-state index in [2.05, 4.69) is 19.1 Å². The number of ether oxygens (including phenoxy) is 1. The molecule has 0 aliphatic heterocycles. The van der Waals surface area contributed by atoms with Crippen molar-refractivity contribution < 1.29 is 23.9 Å². The van der Waals surface area contributed by atoms with E-state index in [0.717, 1.165) is 25.7 Å². The van der Waals surface area contributed by atoms with Crippen molar-refractivity contribution in [3.8, 4) is 0 Å². The Hall–Kier alpha value is -1.36. The highest BCUT2D eigenvalue weighted by Gasteiger charge is 2.24. The first-order chi connectivity index (χ1) is 12.2. The van der Waals surface area contributed by atoms with Crippen LogP contribution in [-0.4, -0.2) is 55.3 Å². The second kappa shape index (κ2) is 14.8. The number of nitrogens with zero attached hydrogens (tertiary/aromatic N) is 1. The Balaban J connectivity index is 3.82. The number of aliphatic carboxylic acids is 1. The SMILES string of the molecule is CCCCCC/C=C/CCCCCC(=O)OC(CC(=O)O)C[N+](C)(C)C. The molecule has 5 nitrogen and oxygen atoms in total. The lowest BCUT2D eigenvalue weighted by atomic mass is 10.1. The van der Waals surface area contributed by atoms with Crippen LogP contribution in [0.3, 0.4) is 0 Å². The minimum absolute atomic E-state index is 0.135. The van der Waals surface area contributed by atoms with E-state index in [1.54, 1.807) is 0 Å². The number of rotatable bonds is 16. The number of carboxylic acid groups (broad SMARTS) is 1. The third-order valence-corrected chi connectivity index (χ3v) is 4.09. The zero-order valence-corrected chi connectivity index (χ0v) is 17.3. The highest BCUT2D eigenvalue weighted by Crippen LogP contribution is 2.10. The lowest BCUT2D eigenvalue weighted by Gasteiger charge is -2.28. The van der Waals surface area contributed by atoms with Crippen molar-refractivity contribution in [2.24, 2.45) is 0 Å². The van der Waals surface area contributed by atoms with Crippen molar-refractivity contribution in [2.75, 3.05) is 27.7 Å². The van der Waals surface area contributed by atoms with Crippen LogP contribution in [0.1, 0.15) is 77.6 Å². The molecule has 5 heteroatoms. The van der Waals surface area contributed by atoms with Gasteiger partial charge in [0.1, 0.15) is 6.54 Å². The van der Waals surface area contributed by atoms with Gasteiger partial charge in [0.25, 0.3) is 0 Å². The van der Waals surface area contributed by atoms with Crippen molar-refractivity contribution >= 4 is 11.9 Å². The van der Waals surface area contributed by atoms with Crippen LogP contribution in [0.15, 0.2) is 12.2 Å². The molecule has 0 aromatic rings. The molecule has 0 rings (SSSR count). The Morgan fingerprint density at radius 2 is 1.54 bits per heavy atom. The second-order valence-electron chi connectivity index (χ2n) is 8.10. The Labute approximate surface area is 160 Å². The Bertz CT molecular complexity index is 413. The Morgan fingerprint density at radius 1 is 0.962 bits per heavy atom. The summed E-state index contributed by atoms with van der Waals surface area (Å²) in [7, 11) is 5.88. The molecule has 0 saturated heterocycles. The monoisotopic (exact) mass is 370 g/mol. The van der Waals surface area contributed by atoms with Gasteiger partial charge in [0, 0.05) is 6.42 Å². The van der Waals surface area contributed by atoms with Crippen molar-refractivity contribution in [3.63, 3.8) is 0 Å². The van der Waals surface area contributed by atoms with Gasteiger partial charge in [0.05, 0.1) is 27.6 Å². The summed E-state index contributed by atoms with van der Waals surface area (Å²) >= 11 is 0. The molecule has 0 aromatic carbocycles. The van der Waals surface area contributed by atoms with E-state index < -0.39 is 12.1 Å². The minimum Gasteiger partial charge on any atom is -0.481 e. The van der Waals surface area contributed by atoms with E-state index in [0.29, 0.717) is 17.4 Å². The molecule has 1 atom stereocenters. The summed E-state index contributed by atoms with van der Waals surface area (Å²) in [6.45, 7) is 2.73. The van der Waals surface area contributed by atoms with E-state index in [9.17, 15) is 9.59 Å². The summed E-state index contributed by atoms with van der Waals surface area (Å²) in [5, 5.41) is 8.97. The molecule has 1 unspecified atom stereocenters. The molecule has 0 spiro atoms. The fraction of sp³-hybridized carbons (Fsp3) is 0.810. The summed E-state index contributed by atoms with van der Waals surface area (Å²) in [5.74, 6) is -1.21. The fourth-order valence-electron chi connectivity index (χ4n) is 2.83. The second-order valence-corrected chi connectivity index (χ2v) is 8.10. The molecule has 0 fully saturated rings. The number of carbonyl (C=O) groups excluding carboxylic acids is 1. The normalized spacial score (nSPS) is 13.1. The number of esters is 1. The zero-order chi connectivity index (χ0) is 19.8. The maximum atomic E-state index is 11.9. The van der Waals surface area contributed by atoms with E-state index in [4.69, 9.17) is 9.84 Å². The number of likely N-dealkylation sites (N-methyl/N-ethyl adjacent to an activating group) is 1. The Morgan fingerprint density at radius 3 is 2.04 bits per heavy atom. The lowest BCUT2D eigenvalue weighted by Crippen LogP contribution is -2.43. The van der Waals surface area contributed by atoms with Crippen LogP contribution in [0.25, 0.3) is 0 Å². The van der Waals surface area contributed by atoms with Gasteiger partial charge in [0.15, 0.2) is 6.10 Å². The highest BCUT2D eigenvalue weighted by atomic mass is 16.5. The van der Waals surface area contributed by atoms with E-state index >= 15 is 0 Å². The molecule has 0 bridgehead atoms. The summed E-state index contributed by atoms with van der Waals surface area (Å²) in [5.41, 5.74) is 0. The van der Waals surface area contributed by atoms with Gasteiger partial charge < -0.3 is 14.3 Å². The number of hydrogen-bond acceptors (Lipinski definition) is 3. The highest BCUT2D eigenvalue weighted by molar-refractivity contribution is 5.71. The molecular weight excluding hydrogens is 330 g/mol. The molecule has 0 amide bonds. The maximum absolute atomic E-state index is 11.9. The molecule has 0 aliphatic carbocycles. The molecule has 1 N–H and O–H groups in total. The predicted molar refractivity (Wildman–Crippen MR) is 106 cm³/mol. The molecule has 0 heterocycles. The number of allylic oxidation sites excluding steroid dienone is 2. The van der Waals surface area contributed by atoms with Crippen LogP contribution in [0.4, 0.5) is 0 Å². The van der Waals surface area contributed by atoms with E-state index in [-0.39, 0.29) is 12.4 Å². The molecule has 26 heavy (non-hydrogen) atoms. The van der Waals surface area contributed by atoms with Crippen LogP contribution < -0.4 is 0 Å². The number of quaternary nitrogens is 1. The first-order valence-corrected chi connectivity index (χ1v) is 10.1. The van der Waals surface area contributed by atoms with Gasteiger partial charge in [-0.25, -0.2) is 0 Å². The molecule has 0 aromatic heterocycles. The quantitative estimate of drug-likeness (QED) is 0.187.